The molecule has 0 unspecified atom stereocenters. The Labute approximate surface area is 200 Å². The Morgan fingerprint density at radius 3 is 2.26 bits per heavy atom. The van der Waals surface area contributed by atoms with Crippen molar-refractivity contribution in [2.75, 3.05) is 48.9 Å². The normalized spacial score (nSPS) is 14.6. The number of carbonyl (C=O) groups excluding carboxylic acids is 1. The molecule has 1 fully saturated rings. The van der Waals surface area contributed by atoms with Gasteiger partial charge in [0.15, 0.2) is 0 Å². The van der Waals surface area contributed by atoms with Crippen molar-refractivity contribution in [1.82, 2.24) is 10.2 Å². The highest BCUT2D eigenvalue weighted by molar-refractivity contribution is 7.92. The summed E-state index contributed by atoms with van der Waals surface area (Å²) in [7, 11) is -3.91. The van der Waals surface area contributed by atoms with Gasteiger partial charge in [0.2, 0.25) is 5.91 Å². The predicted molar refractivity (Wildman–Crippen MR) is 132 cm³/mol. The van der Waals surface area contributed by atoms with E-state index in [0.717, 1.165) is 18.4 Å². The van der Waals surface area contributed by atoms with Crippen LogP contribution in [0.3, 0.4) is 0 Å². The summed E-state index contributed by atoms with van der Waals surface area (Å²) in [4.78, 5) is 27.7. The number of sulfonamides is 1. The van der Waals surface area contributed by atoms with Gasteiger partial charge in [-0.3, -0.25) is 14.4 Å². The third-order valence-electron chi connectivity index (χ3n) is 5.78. The van der Waals surface area contributed by atoms with Crippen LogP contribution in [0.5, 0.6) is 0 Å². The summed E-state index contributed by atoms with van der Waals surface area (Å²) in [6.45, 7) is 7.37. The molecule has 1 heterocycles. The molecule has 2 aromatic rings. The zero-order valence-corrected chi connectivity index (χ0v) is 20.4. The van der Waals surface area contributed by atoms with Crippen LogP contribution in [0.1, 0.15) is 36.2 Å². The number of aryl methyl sites for hydroxylation is 1. The molecule has 2 aromatic carbocycles. The first kappa shape index (κ1) is 25.5. The molecule has 3 N–H and O–H groups in total. The fraction of sp³-hybridized carbons (Fsp3) is 0.417. The van der Waals surface area contributed by atoms with Gasteiger partial charge in [-0.1, -0.05) is 26.0 Å². The Kier molecular flexibility index (Phi) is 8.51. The van der Waals surface area contributed by atoms with Crippen molar-refractivity contribution in [3.05, 3.63) is 53.6 Å². The maximum atomic E-state index is 13.0. The average molecular weight is 489 g/mol. The van der Waals surface area contributed by atoms with Crippen molar-refractivity contribution in [2.45, 2.75) is 31.6 Å². The third kappa shape index (κ3) is 6.48. The van der Waals surface area contributed by atoms with Crippen molar-refractivity contribution in [3.8, 4) is 0 Å². The number of piperazine rings is 1. The van der Waals surface area contributed by atoms with E-state index < -0.39 is 16.0 Å². The Balaban J connectivity index is 1.78. The number of rotatable bonds is 10. The Morgan fingerprint density at radius 1 is 1.00 bits per heavy atom. The van der Waals surface area contributed by atoms with Crippen LogP contribution in [-0.2, 0) is 21.2 Å². The first-order chi connectivity index (χ1) is 16.2. The minimum atomic E-state index is -3.91. The number of carbonyl (C=O) groups is 2. The number of nitrogens with zero attached hydrogens (tertiary/aromatic N) is 2. The second kappa shape index (κ2) is 11.3. The summed E-state index contributed by atoms with van der Waals surface area (Å²) in [5.74, 6) is -1.15. The highest BCUT2D eigenvalue weighted by atomic mass is 32.2. The molecule has 0 aliphatic carbocycles. The van der Waals surface area contributed by atoms with Crippen LogP contribution in [0.2, 0.25) is 0 Å². The minimum Gasteiger partial charge on any atom is -0.478 e. The fourth-order valence-corrected chi connectivity index (χ4v) is 4.87. The van der Waals surface area contributed by atoms with Crippen molar-refractivity contribution in [3.63, 3.8) is 0 Å². The first-order valence-corrected chi connectivity index (χ1v) is 12.9. The smallest absolute Gasteiger partial charge is 0.335 e. The van der Waals surface area contributed by atoms with E-state index in [2.05, 4.69) is 10.0 Å². The quantitative estimate of drug-likeness (QED) is 0.470. The van der Waals surface area contributed by atoms with E-state index in [9.17, 15) is 23.1 Å². The molecular formula is C24H32N4O5S. The van der Waals surface area contributed by atoms with E-state index in [1.54, 1.807) is 30.3 Å². The molecule has 10 heteroatoms. The zero-order valence-electron chi connectivity index (χ0n) is 19.6. The van der Waals surface area contributed by atoms with Crippen molar-refractivity contribution < 1.29 is 23.1 Å². The lowest BCUT2D eigenvalue weighted by Gasteiger charge is -2.36. The van der Waals surface area contributed by atoms with Gasteiger partial charge in [-0.15, -0.1) is 0 Å². The largest absolute Gasteiger partial charge is 0.478 e. The number of carboxylic acids is 1. The van der Waals surface area contributed by atoms with Gasteiger partial charge < -0.3 is 15.3 Å². The van der Waals surface area contributed by atoms with Gasteiger partial charge in [0.05, 0.1) is 28.4 Å². The molecule has 0 saturated carbocycles. The van der Waals surface area contributed by atoms with Gasteiger partial charge in [-0.2, -0.15) is 0 Å². The molecule has 1 saturated heterocycles. The molecule has 0 aromatic heterocycles. The van der Waals surface area contributed by atoms with Crippen LogP contribution >= 0.6 is 0 Å². The number of benzene rings is 2. The van der Waals surface area contributed by atoms with E-state index in [0.29, 0.717) is 45.0 Å². The molecule has 184 valence electrons. The molecule has 0 bridgehead atoms. The molecule has 0 atom stereocenters. The topological polar surface area (TPSA) is 119 Å². The molecular weight excluding hydrogens is 456 g/mol. The zero-order chi connectivity index (χ0) is 24.7. The highest BCUT2D eigenvalue weighted by Crippen LogP contribution is 2.30. The van der Waals surface area contributed by atoms with E-state index >= 15 is 0 Å². The molecule has 0 radical (unpaired) electrons. The summed E-state index contributed by atoms with van der Waals surface area (Å²) in [5, 5.41) is 12.3. The summed E-state index contributed by atoms with van der Waals surface area (Å²) >= 11 is 0. The molecule has 3 rings (SSSR count). The Bertz CT molecular complexity index is 1110. The Morgan fingerprint density at radius 2 is 1.68 bits per heavy atom. The number of amides is 1. The van der Waals surface area contributed by atoms with Crippen LogP contribution in [0.4, 0.5) is 11.4 Å². The van der Waals surface area contributed by atoms with Gasteiger partial charge in [0.1, 0.15) is 0 Å². The summed E-state index contributed by atoms with van der Waals surface area (Å²) in [6, 6.07) is 11.1. The lowest BCUT2D eigenvalue weighted by Crippen LogP contribution is -2.49. The fourth-order valence-electron chi connectivity index (χ4n) is 3.80. The SMILES string of the molecule is CCCNC(=O)CN1CCN(c2ccc(C(=O)O)cc2NS(=O)(=O)c2ccc(CC)cc2)CC1. The van der Waals surface area contributed by atoms with E-state index in [-0.39, 0.29) is 22.1 Å². The molecule has 9 nitrogen and oxygen atoms in total. The van der Waals surface area contributed by atoms with Crippen LogP contribution in [-0.4, -0.2) is 69.6 Å². The van der Waals surface area contributed by atoms with Gasteiger partial charge in [0, 0.05) is 32.7 Å². The van der Waals surface area contributed by atoms with Gasteiger partial charge >= 0.3 is 5.97 Å². The number of nitrogens with one attached hydrogen (secondary N) is 2. The standard InChI is InChI=1S/C24H32N4O5S/c1-3-11-25-23(29)17-27-12-14-28(15-13-27)22-10-7-19(24(30)31)16-21(22)26-34(32,33)20-8-5-18(4-2)6-9-20/h5-10,16,26H,3-4,11-15,17H2,1-2H3,(H,25,29)(H,30,31). The molecule has 34 heavy (non-hydrogen) atoms. The summed E-state index contributed by atoms with van der Waals surface area (Å²) < 4.78 is 28.7. The van der Waals surface area contributed by atoms with Crippen molar-refractivity contribution >= 4 is 33.3 Å². The maximum Gasteiger partial charge on any atom is 0.335 e. The minimum absolute atomic E-state index is 0.00554. The van der Waals surface area contributed by atoms with Crippen molar-refractivity contribution in [2.24, 2.45) is 0 Å². The Hall–Kier alpha value is -3.11. The van der Waals surface area contributed by atoms with Crippen LogP contribution in [0, 0.1) is 0 Å². The number of anilines is 2. The number of hydrogen-bond donors (Lipinski definition) is 3. The molecule has 0 spiro atoms. The number of aromatic carboxylic acids is 1. The number of carboxylic acid groups (broad SMARTS) is 1. The summed E-state index contributed by atoms with van der Waals surface area (Å²) in [6.07, 6.45) is 1.68. The van der Waals surface area contributed by atoms with E-state index in [1.165, 1.54) is 12.1 Å². The van der Waals surface area contributed by atoms with E-state index in [1.807, 2.05) is 23.6 Å². The van der Waals surface area contributed by atoms with E-state index in [4.69, 9.17) is 0 Å². The second-order valence-electron chi connectivity index (χ2n) is 8.25. The van der Waals surface area contributed by atoms with Crippen LogP contribution in [0.15, 0.2) is 47.4 Å². The first-order valence-electron chi connectivity index (χ1n) is 11.5. The monoisotopic (exact) mass is 488 g/mol. The second-order valence-corrected chi connectivity index (χ2v) is 9.94. The molecule has 1 aliphatic heterocycles. The van der Waals surface area contributed by atoms with Crippen LogP contribution < -0.4 is 14.9 Å². The lowest BCUT2D eigenvalue weighted by atomic mass is 10.1. The van der Waals surface area contributed by atoms with Gasteiger partial charge in [-0.05, 0) is 48.7 Å². The highest BCUT2D eigenvalue weighted by Gasteiger charge is 2.24. The predicted octanol–water partition coefficient (Wildman–Crippen LogP) is 2.40. The maximum absolute atomic E-state index is 13.0. The van der Waals surface area contributed by atoms with Crippen molar-refractivity contribution in [1.29, 1.82) is 0 Å². The van der Waals surface area contributed by atoms with Gasteiger partial charge in [-0.25, -0.2) is 13.2 Å². The molecule has 1 aliphatic rings. The molecule has 1 amide bonds. The average Bonchev–Trinajstić information content (AvgIpc) is 2.83. The number of hydrogen-bond acceptors (Lipinski definition) is 6. The lowest BCUT2D eigenvalue weighted by molar-refractivity contribution is -0.122. The van der Waals surface area contributed by atoms with Crippen LogP contribution in [0.25, 0.3) is 0 Å². The van der Waals surface area contributed by atoms with Gasteiger partial charge in [0.25, 0.3) is 10.0 Å². The summed E-state index contributed by atoms with van der Waals surface area (Å²) in [5.41, 5.74) is 1.84. The third-order valence-corrected chi connectivity index (χ3v) is 7.16.